The van der Waals surface area contributed by atoms with E-state index in [4.69, 9.17) is 21.1 Å². The molecule has 25 heavy (non-hydrogen) atoms. The molecule has 0 unspecified atom stereocenters. The van der Waals surface area contributed by atoms with Crippen molar-refractivity contribution in [3.63, 3.8) is 0 Å². The molecule has 8 heteroatoms. The molecule has 0 heterocycles. The molecule has 0 spiro atoms. The molecule has 0 aliphatic heterocycles. The summed E-state index contributed by atoms with van der Waals surface area (Å²) >= 11 is 5.95. The molecule has 0 bridgehead atoms. The van der Waals surface area contributed by atoms with Gasteiger partial charge in [0.2, 0.25) is 0 Å². The molecule has 0 N–H and O–H groups in total. The molecule has 0 amide bonds. The number of sulfone groups is 1. The predicted molar refractivity (Wildman–Crippen MR) is 92.2 cm³/mol. The number of ether oxygens (including phenoxy) is 2. The van der Waals surface area contributed by atoms with Crippen LogP contribution in [0.3, 0.4) is 0 Å². The smallest absolute Gasteiger partial charge is 0.338 e. The lowest BCUT2D eigenvalue weighted by atomic mass is 10.1. The van der Waals surface area contributed by atoms with E-state index < -0.39 is 28.2 Å². The molecule has 0 aliphatic rings. The average molecular weight is 383 g/mol. The highest BCUT2D eigenvalue weighted by Crippen LogP contribution is 2.25. The number of ketones is 1. The van der Waals surface area contributed by atoms with Crippen LogP contribution in [0.1, 0.15) is 20.7 Å². The van der Waals surface area contributed by atoms with E-state index in [-0.39, 0.29) is 21.0 Å². The normalized spacial score (nSPS) is 11.0. The summed E-state index contributed by atoms with van der Waals surface area (Å²) in [5, 5.41) is 0.274. The Balaban J connectivity index is 2.02. The van der Waals surface area contributed by atoms with Crippen molar-refractivity contribution in [2.75, 3.05) is 20.0 Å². The number of hydrogen-bond acceptors (Lipinski definition) is 6. The number of methoxy groups -OCH3 is 1. The first kappa shape index (κ1) is 19.0. The lowest BCUT2D eigenvalue weighted by Gasteiger charge is -2.07. The van der Waals surface area contributed by atoms with Crippen molar-refractivity contribution in [3.8, 4) is 5.75 Å². The zero-order valence-corrected chi connectivity index (χ0v) is 15.1. The van der Waals surface area contributed by atoms with Gasteiger partial charge in [0.1, 0.15) is 5.75 Å². The van der Waals surface area contributed by atoms with E-state index in [1.54, 1.807) is 6.07 Å². The highest BCUT2D eigenvalue weighted by atomic mass is 35.5. The van der Waals surface area contributed by atoms with Crippen molar-refractivity contribution < 1.29 is 27.5 Å². The highest BCUT2D eigenvalue weighted by Gasteiger charge is 2.14. The second-order valence-electron chi connectivity index (χ2n) is 5.15. The summed E-state index contributed by atoms with van der Waals surface area (Å²) in [4.78, 5) is 24.1. The number of hydrogen-bond donors (Lipinski definition) is 0. The molecule has 0 radical (unpaired) electrons. The van der Waals surface area contributed by atoms with Gasteiger partial charge in [-0.2, -0.15) is 0 Å². The standard InChI is InChI=1S/C17H15ClO6S/c1-23-16-8-5-12(9-14(16)18)15(19)10-24-17(20)11-3-6-13(7-4-11)25(2,21)22/h3-9H,10H2,1-2H3. The molecule has 2 rings (SSSR count). The molecule has 0 aliphatic carbocycles. The largest absolute Gasteiger partial charge is 0.495 e. The zero-order valence-electron chi connectivity index (χ0n) is 13.5. The Kier molecular flexibility index (Phi) is 5.81. The van der Waals surface area contributed by atoms with E-state index >= 15 is 0 Å². The van der Waals surface area contributed by atoms with E-state index in [0.29, 0.717) is 5.75 Å². The third kappa shape index (κ3) is 4.80. The van der Waals surface area contributed by atoms with Crippen LogP contribution < -0.4 is 4.74 Å². The van der Waals surface area contributed by atoms with E-state index in [9.17, 15) is 18.0 Å². The molecule has 6 nitrogen and oxygen atoms in total. The average Bonchev–Trinajstić information content (AvgIpc) is 2.58. The summed E-state index contributed by atoms with van der Waals surface area (Å²) < 4.78 is 32.7. The van der Waals surface area contributed by atoms with Crippen LogP contribution in [0.2, 0.25) is 5.02 Å². The van der Waals surface area contributed by atoms with Crippen LogP contribution in [-0.2, 0) is 14.6 Å². The summed E-state index contributed by atoms with van der Waals surface area (Å²) in [5.74, 6) is -0.722. The van der Waals surface area contributed by atoms with Crippen molar-refractivity contribution in [2.24, 2.45) is 0 Å². The number of Topliss-reactive ketones (excluding diaryl/α,β-unsaturated/α-hetero) is 1. The molecule has 0 saturated carbocycles. The van der Waals surface area contributed by atoms with E-state index in [1.807, 2.05) is 0 Å². The van der Waals surface area contributed by atoms with Gasteiger partial charge >= 0.3 is 5.97 Å². The van der Waals surface area contributed by atoms with E-state index in [0.717, 1.165) is 6.26 Å². The lowest BCUT2D eigenvalue weighted by molar-refractivity contribution is 0.0474. The third-order valence-electron chi connectivity index (χ3n) is 3.33. The minimum absolute atomic E-state index is 0.0907. The molecule has 0 atom stereocenters. The van der Waals surface area contributed by atoms with Crippen LogP contribution in [0.25, 0.3) is 0 Å². The van der Waals surface area contributed by atoms with Gasteiger partial charge in [0.25, 0.3) is 0 Å². The second-order valence-corrected chi connectivity index (χ2v) is 7.57. The Labute approximate surface area is 150 Å². The monoisotopic (exact) mass is 382 g/mol. The Bertz CT molecular complexity index is 903. The van der Waals surface area contributed by atoms with Gasteiger partial charge < -0.3 is 9.47 Å². The Morgan fingerprint density at radius 1 is 1.04 bits per heavy atom. The maximum absolute atomic E-state index is 12.1. The third-order valence-corrected chi connectivity index (χ3v) is 4.75. The number of carbonyl (C=O) groups excluding carboxylic acids is 2. The van der Waals surface area contributed by atoms with Crippen LogP contribution in [0, 0.1) is 0 Å². The minimum atomic E-state index is -3.35. The van der Waals surface area contributed by atoms with Crippen LogP contribution in [0.15, 0.2) is 47.4 Å². The summed E-state index contributed by atoms with van der Waals surface area (Å²) in [6.07, 6.45) is 1.07. The zero-order chi connectivity index (χ0) is 18.6. The number of rotatable bonds is 6. The maximum Gasteiger partial charge on any atom is 0.338 e. The SMILES string of the molecule is COc1ccc(C(=O)COC(=O)c2ccc(S(C)(=O)=O)cc2)cc1Cl. The van der Waals surface area contributed by atoms with Crippen LogP contribution >= 0.6 is 11.6 Å². The highest BCUT2D eigenvalue weighted by molar-refractivity contribution is 7.90. The van der Waals surface area contributed by atoms with E-state index in [2.05, 4.69) is 0 Å². The molecule has 0 aromatic heterocycles. The number of benzene rings is 2. The molecule has 2 aromatic rings. The number of halogens is 1. The first-order valence-corrected chi connectivity index (χ1v) is 9.33. The minimum Gasteiger partial charge on any atom is -0.495 e. The second kappa shape index (κ2) is 7.67. The molecule has 2 aromatic carbocycles. The van der Waals surface area contributed by atoms with Crippen LogP contribution in [-0.4, -0.2) is 40.1 Å². The predicted octanol–water partition coefficient (Wildman–Crippen LogP) is 2.79. The fourth-order valence-corrected chi connectivity index (χ4v) is 2.86. The Morgan fingerprint density at radius 3 is 2.16 bits per heavy atom. The van der Waals surface area contributed by atoms with Gasteiger partial charge in [-0.05, 0) is 42.5 Å². The van der Waals surface area contributed by atoms with Crippen molar-refractivity contribution in [1.82, 2.24) is 0 Å². The first-order valence-electron chi connectivity index (χ1n) is 7.06. The van der Waals surface area contributed by atoms with Gasteiger partial charge in [0.05, 0.1) is 22.6 Å². The number of carbonyl (C=O) groups is 2. The van der Waals surface area contributed by atoms with Gasteiger partial charge in [-0.3, -0.25) is 4.79 Å². The first-order chi connectivity index (χ1) is 11.7. The summed E-state index contributed by atoms with van der Waals surface area (Å²) in [6, 6.07) is 9.75. The van der Waals surface area contributed by atoms with Gasteiger partial charge in [0, 0.05) is 11.8 Å². The quantitative estimate of drug-likeness (QED) is 0.564. The van der Waals surface area contributed by atoms with Gasteiger partial charge in [-0.15, -0.1) is 0 Å². The summed E-state index contributed by atoms with van der Waals surface area (Å²) in [5.41, 5.74) is 0.430. The van der Waals surface area contributed by atoms with Gasteiger partial charge in [0.15, 0.2) is 22.2 Å². The Hall–Kier alpha value is -2.38. The fourth-order valence-electron chi connectivity index (χ4n) is 1.98. The van der Waals surface area contributed by atoms with Crippen LogP contribution in [0.5, 0.6) is 5.75 Å². The molecular formula is C17H15ClO6S. The van der Waals surface area contributed by atoms with Gasteiger partial charge in [-0.25, -0.2) is 13.2 Å². The topological polar surface area (TPSA) is 86.7 Å². The van der Waals surface area contributed by atoms with Crippen molar-refractivity contribution in [2.45, 2.75) is 4.90 Å². The number of esters is 1. The summed E-state index contributed by atoms with van der Waals surface area (Å²) in [7, 11) is -1.89. The molecule has 0 fully saturated rings. The van der Waals surface area contributed by atoms with Crippen molar-refractivity contribution >= 4 is 33.2 Å². The van der Waals surface area contributed by atoms with Crippen molar-refractivity contribution in [3.05, 3.63) is 58.6 Å². The van der Waals surface area contributed by atoms with E-state index in [1.165, 1.54) is 43.5 Å². The van der Waals surface area contributed by atoms with Gasteiger partial charge in [-0.1, -0.05) is 11.6 Å². The Morgan fingerprint density at radius 2 is 1.64 bits per heavy atom. The summed E-state index contributed by atoms with van der Waals surface area (Å²) in [6.45, 7) is -0.463. The molecule has 132 valence electrons. The van der Waals surface area contributed by atoms with Crippen molar-refractivity contribution in [1.29, 1.82) is 0 Å². The lowest BCUT2D eigenvalue weighted by Crippen LogP contribution is -2.14. The fraction of sp³-hybridized carbons (Fsp3) is 0.176. The molecular weight excluding hydrogens is 368 g/mol. The maximum atomic E-state index is 12.1. The van der Waals surface area contributed by atoms with Crippen LogP contribution in [0.4, 0.5) is 0 Å². The molecule has 0 saturated heterocycles.